The molecule has 1 saturated heterocycles. The zero-order valence-corrected chi connectivity index (χ0v) is 23.2. The maximum Gasteiger partial charge on any atom is 0.326 e. The lowest BCUT2D eigenvalue weighted by molar-refractivity contribution is 0.174. The quantitative estimate of drug-likeness (QED) is 0.383. The molecule has 0 spiro atoms. The average molecular weight is 557 g/mol. The lowest BCUT2D eigenvalue weighted by Crippen LogP contribution is -2.55. The van der Waals surface area contributed by atoms with Crippen LogP contribution in [0.2, 0.25) is 0 Å². The van der Waals surface area contributed by atoms with E-state index in [4.69, 9.17) is 19.2 Å². The van der Waals surface area contributed by atoms with Crippen molar-refractivity contribution in [1.29, 1.82) is 0 Å². The Hall–Kier alpha value is -4.77. The molecule has 1 aromatic heterocycles. The fourth-order valence-corrected chi connectivity index (χ4v) is 5.21. The summed E-state index contributed by atoms with van der Waals surface area (Å²) in [5.74, 6) is 2.29. The second kappa shape index (κ2) is 11.0. The van der Waals surface area contributed by atoms with E-state index in [-0.39, 0.29) is 12.4 Å². The van der Waals surface area contributed by atoms with Crippen LogP contribution in [0.15, 0.2) is 71.5 Å². The largest absolute Gasteiger partial charge is 0.497 e. The van der Waals surface area contributed by atoms with E-state index >= 15 is 0 Å². The van der Waals surface area contributed by atoms with E-state index in [0.29, 0.717) is 58.4 Å². The molecule has 0 bridgehead atoms. The molecule has 4 aromatic rings. The van der Waals surface area contributed by atoms with Crippen molar-refractivity contribution in [2.75, 3.05) is 62.4 Å². The van der Waals surface area contributed by atoms with Crippen LogP contribution in [0.4, 0.5) is 16.2 Å². The number of carbonyl (C=O) groups is 1. The highest BCUT2D eigenvalue weighted by Gasteiger charge is 2.31. The van der Waals surface area contributed by atoms with Gasteiger partial charge in [0.05, 0.1) is 29.7 Å². The predicted molar refractivity (Wildman–Crippen MR) is 157 cm³/mol. The fourth-order valence-electron chi connectivity index (χ4n) is 5.21. The number of amides is 2. The first-order valence-electron chi connectivity index (χ1n) is 13.5. The number of urea groups is 1. The molecule has 2 aliphatic heterocycles. The Morgan fingerprint density at radius 2 is 1.73 bits per heavy atom. The van der Waals surface area contributed by atoms with E-state index < -0.39 is 12.1 Å². The van der Waals surface area contributed by atoms with Crippen molar-refractivity contribution in [3.63, 3.8) is 0 Å². The summed E-state index contributed by atoms with van der Waals surface area (Å²) in [6.45, 7) is 4.90. The fraction of sp³-hybridized carbons (Fsp3) is 0.300. The Balaban J connectivity index is 1.46. The number of rotatable bonds is 6. The molecule has 3 heterocycles. The summed E-state index contributed by atoms with van der Waals surface area (Å²) in [6, 6.07) is 18.7. The molecule has 1 N–H and O–H groups in total. The minimum atomic E-state index is -0.648. The van der Waals surface area contributed by atoms with Crippen LogP contribution in [0, 0.1) is 0 Å². The van der Waals surface area contributed by atoms with Gasteiger partial charge in [-0.2, -0.15) is 0 Å². The highest BCUT2D eigenvalue weighted by Crippen LogP contribution is 2.38. The van der Waals surface area contributed by atoms with Gasteiger partial charge in [0.15, 0.2) is 17.3 Å². The smallest absolute Gasteiger partial charge is 0.326 e. The van der Waals surface area contributed by atoms with Crippen LogP contribution in [-0.2, 0) is 0 Å². The molecule has 6 rings (SSSR count). The van der Waals surface area contributed by atoms with Gasteiger partial charge >= 0.3 is 6.03 Å². The van der Waals surface area contributed by atoms with E-state index in [2.05, 4.69) is 17.3 Å². The topological polar surface area (TPSA) is 101 Å². The van der Waals surface area contributed by atoms with Gasteiger partial charge in [-0.1, -0.05) is 12.1 Å². The van der Waals surface area contributed by atoms with E-state index in [1.807, 2.05) is 30.1 Å². The molecule has 0 radical (unpaired) electrons. The van der Waals surface area contributed by atoms with Crippen molar-refractivity contribution < 1.29 is 19.0 Å². The van der Waals surface area contributed by atoms with Crippen LogP contribution in [0.3, 0.4) is 0 Å². The van der Waals surface area contributed by atoms with Crippen LogP contribution < -0.4 is 35.0 Å². The summed E-state index contributed by atoms with van der Waals surface area (Å²) < 4.78 is 18.0. The summed E-state index contributed by atoms with van der Waals surface area (Å²) in [6.07, 6.45) is 0. The molecule has 0 aliphatic carbocycles. The van der Waals surface area contributed by atoms with Crippen molar-refractivity contribution in [1.82, 2.24) is 14.6 Å². The molecular weight excluding hydrogens is 524 g/mol. The van der Waals surface area contributed by atoms with Gasteiger partial charge in [0, 0.05) is 37.9 Å². The van der Waals surface area contributed by atoms with Gasteiger partial charge in [-0.15, -0.1) is 0 Å². The monoisotopic (exact) mass is 556 g/mol. The normalized spacial score (nSPS) is 15.5. The molecule has 41 heavy (non-hydrogen) atoms. The first-order valence-corrected chi connectivity index (χ1v) is 13.5. The highest BCUT2D eigenvalue weighted by molar-refractivity contribution is 6.02. The number of fused-ring (bicyclic) bond motifs is 2. The number of nitrogens with zero attached hydrogens (tertiary/aromatic N) is 5. The molecule has 3 aromatic carbocycles. The lowest BCUT2D eigenvalue weighted by atomic mass is 10.1. The van der Waals surface area contributed by atoms with Crippen molar-refractivity contribution in [2.45, 2.75) is 13.0 Å². The second-order valence-corrected chi connectivity index (χ2v) is 10.1. The van der Waals surface area contributed by atoms with Gasteiger partial charge < -0.3 is 29.4 Å². The minimum Gasteiger partial charge on any atom is -0.497 e. The molecule has 0 saturated carbocycles. The molecule has 11 heteroatoms. The van der Waals surface area contributed by atoms with Crippen LogP contribution in [0.5, 0.6) is 17.2 Å². The molecular formula is C30H32N6O5. The third kappa shape index (κ3) is 5.11. The molecule has 2 aliphatic rings. The van der Waals surface area contributed by atoms with Crippen molar-refractivity contribution >= 4 is 28.3 Å². The number of nitrogens with one attached hydrogen (secondary N) is 1. The van der Waals surface area contributed by atoms with Crippen molar-refractivity contribution in [2.24, 2.45) is 0 Å². The summed E-state index contributed by atoms with van der Waals surface area (Å²) in [4.78, 5) is 36.8. The molecule has 1 atom stereocenters. The molecule has 11 nitrogen and oxygen atoms in total. The number of likely N-dealkylation sites (N-methyl/N-ethyl adjacent to an activating group) is 1. The highest BCUT2D eigenvalue weighted by atomic mass is 16.7. The van der Waals surface area contributed by atoms with Crippen LogP contribution in [0.1, 0.15) is 18.8 Å². The van der Waals surface area contributed by atoms with Gasteiger partial charge in [0.25, 0.3) is 5.56 Å². The third-order valence-corrected chi connectivity index (χ3v) is 7.50. The van der Waals surface area contributed by atoms with Crippen LogP contribution in [-0.4, -0.2) is 67.7 Å². The molecule has 2 amide bonds. The van der Waals surface area contributed by atoms with Crippen molar-refractivity contribution in [3.05, 3.63) is 82.9 Å². The first kappa shape index (κ1) is 26.5. The number of hydrogen-bond acceptors (Lipinski definition) is 8. The van der Waals surface area contributed by atoms with E-state index in [0.717, 1.165) is 13.1 Å². The van der Waals surface area contributed by atoms with Gasteiger partial charge in [-0.05, 0) is 62.5 Å². The number of anilines is 2. The zero-order chi connectivity index (χ0) is 28.5. The SMILES string of the molecule is COc1ccc(NC(=O)N(c2ccc3c(c2)OCO3)C(C)c2nc3ccccc3c(=O)n2N2CCN(C)CC2)cc1. The number of methoxy groups -OCH3 is 1. The number of ether oxygens (including phenoxy) is 3. The molecule has 1 unspecified atom stereocenters. The predicted octanol–water partition coefficient (Wildman–Crippen LogP) is 3.82. The Bertz CT molecular complexity index is 1630. The zero-order valence-electron chi connectivity index (χ0n) is 23.2. The number of hydrogen-bond donors (Lipinski definition) is 1. The lowest BCUT2D eigenvalue weighted by Gasteiger charge is -2.38. The Morgan fingerprint density at radius 1 is 1.00 bits per heavy atom. The molecule has 1 fully saturated rings. The van der Waals surface area contributed by atoms with Gasteiger partial charge in [-0.3, -0.25) is 9.69 Å². The summed E-state index contributed by atoms with van der Waals surface area (Å²) in [7, 11) is 3.65. The minimum absolute atomic E-state index is 0.113. The maximum absolute atomic E-state index is 14.0. The standard InChI is InChI=1S/C30H32N6O5/c1-20(28-32-25-7-5-4-6-24(25)29(37)36(28)34-16-14-33(2)15-17-34)35(22-10-13-26-27(18-22)41-19-40-26)30(38)31-21-8-11-23(39-3)12-9-21/h4-13,18,20H,14-17,19H2,1-3H3,(H,31,38). The summed E-state index contributed by atoms with van der Waals surface area (Å²) in [5.41, 5.74) is 1.57. The van der Waals surface area contributed by atoms with Gasteiger partial charge in [-0.25, -0.2) is 14.5 Å². The number of piperazine rings is 1. The van der Waals surface area contributed by atoms with E-state index in [1.54, 1.807) is 65.2 Å². The van der Waals surface area contributed by atoms with Gasteiger partial charge in [0.1, 0.15) is 5.75 Å². The Morgan fingerprint density at radius 3 is 2.49 bits per heavy atom. The number of carbonyl (C=O) groups excluding carboxylic acids is 1. The Labute approximate surface area is 237 Å². The van der Waals surface area contributed by atoms with Crippen LogP contribution >= 0.6 is 0 Å². The van der Waals surface area contributed by atoms with Crippen LogP contribution in [0.25, 0.3) is 10.9 Å². The number of benzene rings is 3. The second-order valence-electron chi connectivity index (χ2n) is 10.1. The molecule has 212 valence electrons. The Kier molecular flexibility index (Phi) is 7.10. The third-order valence-electron chi connectivity index (χ3n) is 7.50. The number of para-hydroxylation sites is 1. The summed E-state index contributed by atoms with van der Waals surface area (Å²) >= 11 is 0. The van der Waals surface area contributed by atoms with Gasteiger partial charge in [0.2, 0.25) is 6.79 Å². The van der Waals surface area contributed by atoms with E-state index in [1.165, 1.54) is 0 Å². The first-order chi connectivity index (χ1) is 19.9. The maximum atomic E-state index is 14.0. The average Bonchev–Trinajstić information content (AvgIpc) is 3.46. The van der Waals surface area contributed by atoms with E-state index in [9.17, 15) is 9.59 Å². The van der Waals surface area contributed by atoms with Crippen molar-refractivity contribution in [3.8, 4) is 17.2 Å². The number of aromatic nitrogens is 2. The summed E-state index contributed by atoms with van der Waals surface area (Å²) in [5, 5.41) is 5.54.